The molecule has 1 aromatic rings. The molecule has 0 radical (unpaired) electrons. The quantitative estimate of drug-likeness (QED) is 0.604. The average molecular weight is 321 g/mol. The summed E-state index contributed by atoms with van der Waals surface area (Å²) in [5.41, 5.74) is 0. The van der Waals surface area contributed by atoms with Crippen LogP contribution in [0.1, 0.15) is 18.1 Å². The van der Waals surface area contributed by atoms with Crippen molar-refractivity contribution in [2.75, 3.05) is 46.4 Å². The van der Waals surface area contributed by atoms with Gasteiger partial charge in [0, 0.05) is 46.3 Å². The summed E-state index contributed by atoms with van der Waals surface area (Å²) >= 11 is 0. The minimum atomic E-state index is 0.606. The van der Waals surface area contributed by atoms with Gasteiger partial charge in [0.15, 0.2) is 11.8 Å². The van der Waals surface area contributed by atoms with Crippen LogP contribution in [0.2, 0.25) is 0 Å². The molecule has 0 bridgehead atoms. The van der Waals surface area contributed by atoms with E-state index in [0.29, 0.717) is 12.6 Å². The smallest absolute Gasteiger partial charge is 0.194 e. The Kier molecular flexibility index (Phi) is 5.12. The van der Waals surface area contributed by atoms with Gasteiger partial charge in [-0.1, -0.05) is 0 Å². The maximum atomic E-state index is 5.45. The SMILES string of the molecule is CN=C(NCc1nnc(C)n1C)N1CCC(N2CCOCC2)C1. The van der Waals surface area contributed by atoms with Crippen LogP contribution >= 0.6 is 0 Å². The first-order chi connectivity index (χ1) is 11.2. The third kappa shape index (κ3) is 3.64. The molecule has 1 atom stereocenters. The van der Waals surface area contributed by atoms with Crippen LogP contribution in [0.5, 0.6) is 0 Å². The lowest BCUT2D eigenvalue weighted by atomic mass is 10.2. The summed E-state index contributed by atoms with van der Waals surface area (Å²) in [6.07, 6.45) is 1.18. The van der Waals surface area contributed by atoms with E-state index in [1.54, 1.807) is 0 Å². The highest BCUT2D eigenvalue weighted by Crippen LogP contribution is 2.17. The van der Waals surface area contributed by atoms with Crippen LogP contribution in [-0.2, 0) is 18.3 Å². The van der Waals surface area contributed by atoms with Crippen LogP contribution < -0.4 is 5.32 Å². The molecule has 1 aromatic heterocycles. The summed E-state index contributed by atoms with van der Waals surface area (Å²) in [5, 5.41) is 11.7. The average Bonchev–Trinajstić information content (AvgIpc) is 3.19. The highest BCUT2D eigenvalue weighted by molar-refractivity contribution is 5.80. The summed E-state index contributed by atoms with van der Waals surface area (Å²) in [7, 11) is 3.83. The minimum Gasteiger partial charge on any atom is -0.379 e. The first kappa shape index (κ1) is 16.2. The van der Waals surface area contributed by atoms with Crippen molar-refractivity contribution in [3.05, 3.63) is 11.6 Å². The van der Waals surface area contributed by atoms with E-state index < -0.39 is 0 Å². The van der Waals surface area contributed by atoms with Gasteiger partial charge in [-0.3, -0.25) is 9.89 Å². The first-order valence-corrected chi connectivity index (χ1v) is 8.31. The second-order valence-electron chi connectivity index (χ2n) is 6.16. The molecule has 3 heterocycles. The number of morpholine rings is 1. The summed E-state index contributed by atoms with van der Waals surface area (Å²) in [6.45, 7) is 8.47. The van der Waals surface area contributed by atoms with E-state index in [2.05, 4.69) is 30.3 Å². The minimum absolute atomic E-state index is 0.606. The fraction of sp³-hybridized carbons (Fsp3) is 0.800. The van der Waals surface area contributed by atoms with Crippen molar-refractivity contribution >= 4 is 5.96 Å². The standard InChI is InChI=1S/C15H27N7O/c1-12-18-19-14(20(12)3)10-17-15(16-2)22-5-4-13(11-22)21-6-8-23-9-7-21/h13H,4-11H2,1-3H3,(H,16,17). The Labute approximate surface area is 137 Å². The zero-order valence-corrected chi connectivity index (χ0v) is 14.3. The van der Waals surface area contributed by atoms with Crippen molar-refractivity contribution in [2.24, 2.45) is 12.0 Å². The van der Waals surface area contributed by atoms with Crippen molar-refractivity contribution in [2.45, 2.75) is 25.9 Å². The zero-order chi connectivity index (χ0) is 16.2. The van der Waals surface area contributed by atoms with Gasteiger partial charge >= 0.3 is 0 Å². The Morgan fingerprint density at radius 1 is 1.30 bits per heavy atom. The van der Waals surface area contributed by atoms with Crippen molar-refractivity contribution in [1.29, 1.82) is 0 Å². The molecule has 0 aliphatic carbocycles. The Bertz CT molecular complexity index is 550. The van der Waals surface area contributed by atoms with E-state index in [9.17, 15) is 0 Å². The molecule has 0 amide bonds. The lowest BCUT2D eigenvalue weighted by Gasteiger charge is -2.32. The van der Waals surface area contributed by atoms with Gasteiger partial charge in [-0.2, -0.15) is 0 Å². The van der Waals surface area contributed by atoms with Gasteiger partial charge in [-0.15, -0.1) is 10.2 Å². The van der Waals surface area contributed by atoms with Crippen LogP contribution in [0.4, 0.5) is 0 Å². The summed E-state index contributed by atoms with van der Waals surface area (Å²) in [4.78, 5) is 9.31. The van der Waals surface area contributed by atoms with Crippen LogP contribution in [0.15, 0.2) is 4.99 Å². The van der Waals surface area contributed by atoms with E-state index in [0.717, 1.165) is 57.0 Å². The normalized spacial score (nSPS) is 23.5. The lowest BCUT2D eigenvalue weighted by molar-refractivity contribution is 0.0195. The van der Waals surface area contributed by atoms with E-state index in [4.69, 9.17) is 4.74 Å². The van der Waals surface area contributed by atoms with Gasteiger partial charge < -0.3 is 19.5 Å². The molecule has 2 aliphatic heterocycles. The summed E-state index contributed by atoms with van der Waals surface area (Å²) in [6, 6.07) is 0.606. The van der Waals surface area contributed by atoms with E-state index in [1.807, 2.05) is 25.6 Å². The fourth-order valence-corrected chi connectivity index (χ4v) is 3.27. The van der Waals surface area contributed by atoms with Crippen molar-refractivity contribution in [3.8, 4) is 0 Å². The number of guanidine groups is 1. The Balaban J connectivity index is 1.54. The summed E-state index contributed by atoms with van der Waals surface area (Å²) < 4.78 is 7.45. The van der Waals surface area contributed by atoms with Crippen molar-refractivity contribution < 1.29 is 4.74 Å². The number of ether oxygens (including phenoxy) is 1. The summed E-state index contributed by atoms with van der Waals surface area (Å²) in [5.74, 6) is 2.79. The molecule has 1 N–H and O–H groups in total. The van der Waals surface area contributed by atoms with E-state index >= 15 is 0 Å². The predicted octanol–water partition coefficient (Wildman–Crippen LogP) is -0.395. The maximum Gasteiger partial charge on any atom is 0.194 e. The number of aryl methyl sites for hydroxylation is 1. The van der Waals surface area contributed by atoms with Gasteiger partial charge in [0.25, 0.3) is 0 Å². The topological polar surface area (TPSA) is 70.8 Å². The number of nitrogens with zero attached hydrogens (tertiary/aromatic N) is 6. The second kappa shape index (κ2) is 7.27. The molecule has 2 saturated heterocycles. The monoisotopic (exact) mass is 321 g/mol. The number of likely N-dealkylation sites (tertiary alicyclic amines) is 1. The molecule has 3 rings (SSSR count). The fourth-order valence-electron chi connectivity index (χ4n) is 3.27. The third-order valence-electron chi connectivity index (χ3n) is 4.82. The van der Waals surface area contributed by atoms with Crippen LogP contribution in [0.3, 0.4) is 0 Å². The first-order valence-electron chi connectivity index (χ1n) is 8.31. The number of hydrogen-bond acceptors (Lipinski definition) is 5. The van der Waals surface area contributed by atoms with Crippen molar-refractivity contribution in [1.82, 2.24) is 29.9 Å². The maximum absolute atomic E-state index is 5.45. The molecule has 1 unspecified atom stereocenters. The Morgan fingerprint density at radius 3 is 2.74 bits per heavy atom. The van der Waals surface area contributed by atoms with Gasteiger partial charge in [0.1, 0.15) is 5.82 Å². The highest BCUT2D eigenvalue weighted by atomic mass is 16.5. The van der Waals surface area contributed by atoms with Gasteiger partial charge in [0.05, 0.1) is 19.8 Å². The largest absolute Gasteiger partial charge is 0.379 e. The molecular weight excluding hydrogens is 294 g/mol. The number of aromatic nitrogens is 3. The van der Waals surface area contributed by atoms with Crippen LogP contribution in [0.25, 0.3) is 0 Å². The van der Waals surface area contributed by atoms with Gasteiger partial charge in [0.2, 0.25) is 0 Å². The lowest BCUT2D eigenvalue weighted by Crippen LogP contribution is -2.46. The third-order valence-corrected chi connectivity index (χ3v) is 4.82. The predicted molar refractivity (Wildman–Crippen MR) is 88.3 cm³/mol. The molecule has 2 aliphatic rings. The molecule has 0 aromatic carbocycles. The van der Waals surface area contributed by atoms with E-state index in [-0.39, 0.29) is 0 Å². The molecule has 128 valence electrons. The molecule has 8 heteroatoms. The number of rotatable bonds is 3. The molecule has 8 nitrogen and oxygen atoms in total. The molecular formula is C15H27N7O. The van der Waals surface area contributed by atoms with Crippen LogP contribution in [-0.4, -0.2) is 83.0 Å². The molecule has 23 heavy (non-hydrogen) atoms. The number of hydrogen-bond donors (Lipinski definition) is 1. The zero-order valence-electron chi connectivity index (χ0n) is 14.3. The van der Waals surface area contributed by atoms with Gasteiger partial charge in [-0.05, 0) is 13.3 Å². The van der Waals surface area contributed by atoms with Crippen molar-refractivity contribution in [3.63, 3.8) is 0 Å². The molecule has 2 fully saturated rings. The number of aliphatic imine (C=N–C) groups is 1. The highest BCUT2D eigenvalue weighted by Gasteiger charge is 2.30. The van der Waals surface area contributed by atoms with Gasteiger partial charge in [-0.25, -0.2) is 0 Å². The Hall–Kier alpha value is -1.67. The number of nitrogens with one attached hydrogen (secondary N) is 1. The van der Waals surface area contributed by atoms with Crippen LogP contribution in [0, 0.1) is 6.92 Å². The van der Waals surface area contributed by atoms with E-state index in [1.165, 1.54) is 6.42 Å². The second-order valence-corrected chi connectivity index (χ2v) is 6.16. The Morgan fingerprint density at radius 2 is 2.09 bits per heavy atom. The molecule has 0 spiro atoms. The molecule has 0 saturated carbocycles.